The second-order valence-electron chi connectivity index (χ2n) is 24.9. The molecule has 30 atom stereocenters. The number of halogens is 3. The number of hydrogen-bond donors (Lipinski definition) is 2. The first-order valence-electron chi connectivity index (χ1n) is 30.2. The summed E-state index contributed by atoms with van der Waals surface area (Å²) in [4.78, 5) is 69.0. The van der Waals surface area contributed by atoms with E-state index in [1.54, 1.807) is 42.1 Å². The lowest BCUT2D eigenvalue weighted by Gasteiger charge is -2.60. The van der Waals surface area contributed by atoms with Crippen molar-refractivity contribution in [1.29, 1.82) is 0 Å². The van der Waals surface area contributed by atoms with Crippen LogP contribution in [0.1, 0.15) is 116 Å². The van der Waals surface area contributed by atoms with Gasteiger partial charge in [-0.25, -0.2) is 0 Å². The largest absolute Gasteiger partial charge is 0.737 e. The van der Waals surface area contributed by atoms with Gasteiger partial charge in [-0.2, -0.15) is 0 Å². The summed E-state index contributed by atoms with van der Waals surface area (Å²) >= 11 is 1.94. The van der Waals surface area contributed by atoms with Crippen molar-refractivity contribution in [2.45, 2.75) is 136 Å². The zero-order valence-electron chi connectivity index (χ0n) is 53.6. The van der Waals surface area contributed by atoms with Crippen molar-refractivity contribution in [3.63, 3.8) is 0 Å². The number of imide groups is 1. The highest BCUT2D eigenvalue weighted by molar-refractivity contribution is 14.1. The monoisotopic (exact) mass is 2000 g/mol. The van der Waals surface area contributed by atoms with Gasteiger partial charge in [-0.3, -0.25) is 33.6 Å². The number of Topliss-reactive ketones (excluding diaryl/α,β-unsaturated/α-hetero) is 2. The van der Waals surface area contributed by atoms with Gasteiger partial charge in [-0.1, -0.05) is 68.2 Å². The number of likely N-dealkylation sites (tertiary alicyclic amines) is 1. The molecule has 5 heterocycles. The van der Waals surface area contributed by atoms with Crippen molar-refractivity contribution in [1.82, 2.24) is 24.4 Å². The van der Waals surface area contributed by atoms with Gasteiger partial charge in [0.2, 0.25) is 11.8 Å². The normalized spacial score (nSPS) is 29.0. The molecular formula is C47H91BF2IN6O8P31. The van der Waals surface area contributed by atoms with Gasteiger partial charge in [-0.05, 0) is 198 Å². The number of carbonyl (C=O) groups excluding carboxylic acids is 5. The predicted molar refractivity (Wildman–Crippen MR) is 504 cm³/mol. The quantitative estimate of drug-likeness (QED) is 0.0128. The molecule has 0 aromatic carbocycles. The number of aromatic nitrogens is 4. The number of ether oxygens (including phenoxy) is 1. The molecule has 4 aliphatic carbocycles. The number of alkyl halides is 1. The van der Waals surface area contributed by atoms with E-state index in [0.717, 1.165) is 28.1 Å². The topological polar surface area (TPSA) is 177 Å². The Balaban J connectivity index is 0.000000322. The van der Waals surface area contributed by atoms with Crippen molar-refractivity contribution < 1.29 is 52.0 Å². The number of fused-ring (bicyclic) bond motifs is 3. The SMILES string of the molecule is CC1=CC(C)=[N+]2C1=Cc1ccc(CCC(=O)CCCCn3cc(CN4C(=O)C5CC=C([C@@H]6C[C@@H](OC(=O)CI)[C@]7(C)[C@H](C)CC[C@]8(C[C@H](O)C(=O)[C@]87O)[C@H]6C)CC5C4=O)nn3)n1[B-]2(F)F.PPP(P)P(P(P)P)P(P(P(P)P)P(P)P)P(P(P(P)P)P(P)P)P(P(P)P)P(P)P. The fraction of sp³-hybridized carbons (Fsp3) is 0.617. The van der Waals surface area contributed by atoms with Crippen LogP contribution in [0.3, 0.4) is 0 Å². The maximum absolute atomic E-state index is 15.8. The zero-order chi connectivity index (χ0) is 71.3. The number of carbonyl (C=O) groups is 5. The number of rotatable bonds is 27. The zero-order valence-corrected chi connectivity index (χ0v) is 87.8. The fourth-order valence-electron chi connectivity index (χ4n) is 15.2. The molecule has 0 spiro atoms. The molecule has 4 fully saturated rings. The maximum atomic E-state index is 15.8. The van der Waals surface area contributed by atoms with Crippen LogP contribution in [0.5, 0.6) is 0 Å². The van der Waals surface area contributed by atoms with Crippen LogP contribution in [-0.2, 0) is 48.2 Å². The lowest BCUT2D eigenvalue weighted by molar-refractivity contribution is -0.362. The molecule has 536 valence electrons. The number of esters is 1. The lowest BCUT2D eigenvalue weighted by atomic mass is 9.46. The van der Waals surface area contributed by atoms with E-state index in [0.29, 0.717) is 86.4 Å². The minimum atomic E-state index is -4.08. The van der Waals surface area contributed by atoms with Crippen LogP contribution in [0.25, 0.3) is 6.08 Å². The lowest BCUT2D eigenvalue weighted by Crippen LogP contribution is -2.69. The predicted octanol–water partition coefficient (Wildman–Crippen LogP) is 23.6. The molecule has 9 rings (SSSR count). The van der Waals surface area contributed by atoms with Gasteiger partial charge < -0.3 is 32.5 Å². The summed E-state index contributed by atoms with van der Waals surface area (Å²) in [6.07, 6.45) is 9.25. The van der Waals surface area contributed by atoms with Gasteiger partial charge in [-0.15, -0.1) is 148 Å². The highest BCUT2D eigenvalue weighted by Crippen LogP contribution is 3.39. The Morgan fingerprint density at radius 2 is 1.39 bits per heavy atom. The first-order valence-corrected chi connectivity index (χ1v) is 87.6. The fourth-order valence-corrected chi connectivity index (χ4v) is 423. The number of aryl methyl sites for hydroxylation is 2. The number of nitrogens with zero attached hydrogens (tertiary/aromatic N) is 6. The number of ketones is 2. The molecule has 3 saturated carbocycles. The molecule has 2 aromatic rings. The third kappa shape index (κ3) is 19.1. The van der Waals surface area contributed by atoms with Crippen molar-refractivity contribution in [3.8, 4) is 0 Å². The molecule has 49 heteroatoms. The minimum absolute atomic E-state index is 0.0116. The van der Waals surface area contributed by atoms with E-state index in [1.807, 2.05) is 56.4 Å². The van der Waals surface area contributed by atoms with E-state index in [9.17, 15) is 34.2 Å². The van der Waals surface area contributed by atoms with Crippen LogP contribution in [0.2, 0.25) is 0 Å². The Kier molecular flexibility index (Phi) is 37.0. The van der Waals surface area contributed by atoms with Crippen molar-refractivity contribution in [2.24, 2.45) is 40.4 Å². The van der Waals surface area contributed by atoms with Crippen LogP contribution < -0.4 is 0 Å². The Morgan fingerprint density at radius 3 is 1.95 bits per heavy atom. The van der Waals surface area contributed by atoms with Gasteiger partial charge >= 0.3 is 12.9 Å². The minimum Gasteiger partial charge on any atom is -0.461 e. The number of unbranched alkanes of at least 4 members (excludes halogenated alkanes) is 1. The molecule has 2 bridgehead atoms. The number of aliphatic hydroxyl groups excluding tert-OH is 1. The van der Waals surface area contributed by atoms with E-state index < -0.39 is 59.2 Å². The smallest absolute Gasteiger partial charge is 0.461 e. The molecule has 1 saturated heterocycles. The number of allylic oxidation sites excluding steroid dienone is 4. The molecule has 2 amide bonds. The standard InChI is InChI=1S/C47H58BF2IN6O8.H33P31/c1-26-18-28(3)56-38(26)20-33-11-10-32(57(33)48(56,49)50)12-13-34(58)8-6-7-17-54-24-31(52-53-54)25-55-43(62)35-14-9-30(19-37(35)44(55)63)36-21-40(65-41(60)23-51)45(5)27(2)15-16-46(29(36)4)22-39(59)42(61)47(45,46)64;1-17-25(16)29(24(14)15)31(28(22(10)11)23(12)13)30(26(18(2)3)19(4)5)27(20(6)7)21(8)9/h9-11,18,20,24,27,29,35-37,39-40,59,64H,6-8,12-17,19,21-23,25H2,1-5H3;17H,1-16H2/t27-,29+,35?,36-,37?,39+,40-,45+,46+,47-;/m1./s1. The maximum Gasteiger partial charge on any atom is 0.737 e. The molecule has 96 heavy (non-hydrogen) atoms. The van der Waals surface area contributed by atoms with Gasteiger partial charge in [0, 0.05) is 60.6 Å². The van der Waals surface area contributed by atoms with Gasteiger partial charge in [0.1, 0.15) is 35.0 Å². The van der Waals surface area contributed by atoms with E-state index >= 15 is 8.63 Å². The first kappa shape index (κ1) is 90.7. The van der Waals surface area contributed by atoms with Crippen LogP contribution in [0, 0.1) is 40.4 Å². The van der Waals surface area contributed by atoms with E-state index in [2.05, 4.69) is 153 Å². The molecular weight excluding hydrogens is 1910 g/mol. The Labute approximate surface area is 634 Å². The van der Waals surface area contributed by atoms with Crippen LogP contribution in [0.4, 0.5) is 8.63 Å². The second-order valence-corrected chi connectivity index (χ2v) is 149. The first-order chi connectivity index (χ1) is 44.9. The third-order valence-corrected chi connectivity index (χ3v) is 226. The van der Waals surface area contributed by atoms with E-state index in [-0.39, 0.29) is 163 Å². The summed E-state index contributed by atoms with van der Waals surface area (Å²) in [5.74, 6) is -3.57. The molecule has 3 aliphatic heterocycles. The Morgan fingerprint density at radius 1 is 0.812 bits per heavy atom. The van der Waals surface area contributed by atoms with Gasteiger partial charge in [0.05, 0.1) is 29.0 Å². The highest BCUT2D eigenvalue weighted by atomic mass is 127. The van der Waals surface area contributed by atoms with Crippen molar-refractivity contribution >= 4 is 319 Å². The van der Waals surface area contributed by atoms with Crippen molar-refractivity contribution in [3.05, 3.63) is 64.4 Å². The molecule has 22 unspecified atom stereocenters. The summed E-state index contributed by atoms with van der Waals surface area (Å²) in [6.45, 7) is 5.58. The summed E-state index contributed by atoms with van der Waals surface area (Å²) in [6, 6.07) is 3.37. The summed E-state index contributed by atoms with van der Waals surface area (Å²) < 4.78 is 41.6. The summed E-state index contributed by atoms with van der Waals surface area (Å²) in [5.41, 5.74) is 0.0138. The summed E-state index contributed by atoms with van der Waals surface area (Å²) in [5, 5.41) is 32.4. The van der Waals surface area contributed by atoms with Crippen LogP contribution in [-0.4, -0.2) is 103 Å². The number of aliphatic hydroxyl groups is 2. The third-order valence-electron chi connectivity index (χ3n) is 19.6. The molecule has 2 N–H and O–H groups in total. The average molecular weight is 2000 g/mol. The summed E-state index contributed by atoms with van der Waals surface area (Å²) in [7, 11) is 53.9. The highest BCUT2D eigenvalue weighted by Gasteiger charge is 2.79. The van der Waals surface area contributed by atoms with E-state index in [4.69, 9.17) is 4.74 Å². The second kappa shape index (κ2) is 39.2. The Bertz CT molecular complexity index is 3320. The van der Waals surface area contributed by atoms with E-state index in [1.165, 1.54) is 4.90 Å². The van der Waals surface area contributed by atoms with Crippen molar-refractivity contribution in [2.75, 3.05) is 4.43 Å². The van der Waals surface area contributed by atoms with Crippen LogP contribution in [0.15, 0.2) is 47.3 Å². The van der Waals surface area contributed by atoms with Crippen LogP contribution >= 0.6 is 271 Å². The Hall–Kier alpha value is 9.16. The molecule has 0 radical (unpaired) electrons. The van der Waals surface area contributed by atoms with Gasteiger partial charge in [0.15, 0.2) is 11.5 Å². The van der Waals surface area contributed by atoms with Gasteiger partial charge in [0.25, 0.3) is 0 Å². The number of hydrogen-bond acceptors (Lipinski definition) is 10. The molecule has 14 nitrogen and oxygen atoms in total. The average Bonchev–Trinajstić information content (AvgIpc) is 1.48. The molecule has 7 aliphatic rings. The number of amides is 2. The molecule has 2 aromatic heterocycles.